The highest BCUT2D eigenvalue weighted by Crippen LogP contribution is 2.15. The van der Waals surface area contributed by atoms with E-state index in [1.54, 1.807) is 20.8 Å². The molecular formula is C10H15N3O3S. The number of rotatable bonds is 5. The van der Waals surface area contributed by atoms with Crippen LogP contribution in [0, 0.1) is 6.92 Å². The molecule has 0 bridgehead atoms. The van der Waals surface area contributed by atoms with Crippen molar-refractivity contribution < 1.29 is 14.7 Å². The first-order valence-electron chi connectivity index (χ1n) is 5.15. The van der Waals surface area contributed by atoms with E-state index in [1.165, 1.54) is 0 Å². The van der Waals surface area contributed by atoms with Gasteiger partial charge in [0.05, 0.1) is 5.69 Å². The number of carbonyl (C=O) groups excluding carboxylic acids is 1. The van der Waals surface area contributed by atoms with Crippen LogP contribution < -0.4 is 5.32 Å². The summed E-state index contributed by atoms with van der Waals surface area (Å²) < 4.78 is 3.68. The third-order valence-corrected chi connectivity index (χ3v) is 3.10. The first kappa shape index (κ1) is 13.6. The first-order valence-corrected chi connectivity index (χ1v) is 5.92. The molecule has 17 heavy (non-hydrogen) atoms. The third kappa shape index (κ3) is 4.10. The van der Waals surface area contributed by atoms with Crippen LogP contribution in [0.4, 0.5) is 0 Å². The van der Waals surface area contributed by atoms with E-state index in [2.05, 4.69) is 14.9 Å². The van der Waals surface area contributed by atoms with Crippen molar-refractivity contribution >= 4 is 23.4 Å². The number of hydrogen-bond acceptors (Lipinski definition) is 5. The Bertz CT molecular complexity index is 428. The van der Waals surface area contributed by atoms with Gasteiger partial charge in [0.2, 0.25) is 0 Å². The van der Waals surface area contributed by atoms with E-state index in [0.717, 1.165) is 11.5 Å². The van der Waals surface area contributed by atoms with E-state index in [4.69, 9.17) is 5.11 Å². The Kier molecular flexibility index (Phi) is 4.17. The molecule has 2 N–H and O–H groups in total. The quantitative estimate of drug-likeness (QED) is 0.827. The Hall–Kier alpha value is -1.50. The molecule has 1 heterocycles. The van der Waals surface area contributed by atoms with Crippen LogP contribution in [-0.2, 0) is 4.79 Å². The lowest BCUT2D eigenvalue weighted by atomic mass is 9.98. The predicted octanol–water partition coefficient (Wildman–Crippen LogP) is 1.22. The van der Waals surface area contributed by atoms with Crippen molar-refractivity contribution in [1.29, 1.82) is 0 Å². The SMILES string of the molecule is Cc1nnsc1C(=O)NC(C)(C)CCC(=O)O. The Morgan fingerprint density at radius 3 is 2.59 bits per heavy atom. The number of aryl methyl sites for hydroxylation is 1. The number of carboxylic acid groups (broad SMARTS) is 1. The standard InChI is InChI=1S/C10H15N3O3S/c1-6-8(17-13-12-6)9(16)11-10(2,3)5-4-7(14)15/h4-5H2,1-3H3,(H,11,16)(H,14,15). The van der Waals surface area contributed by atoms with Crippen LogP contribution in [0.15, 0.2) is 0 Å². The van der Waals surface area contributed by atoms with E-state index >= 15 is 0 Å². The molecule has 1 rings (SSSR count). The van der Waals surface area contributed by atoms with Gasteiger partial charge in [-0.1, -0.05) is 4.49 Å². The van der Waals surface area contributed by atoms with Gasteiger partial charge in [0.25, 0.3) is 5.91 Å². The summed E-state index contributed by atoms with van der Waals surface area (Å²) in [6.45, 7) is 5.29. The van der Waals surface area contributed by atoms with Crippen LogP contribution in [0.2, 0.25) is 0 Å². The Morgan fingerprint density at radius 2 is 2.12 bits per heavy atom. The van der Waals surface area contributed by atoms with Gasteiger partial charge in [-0.25, -0.2) is 0 Å². The first-order chi connectivity index (χ1) is 7.82. The number of aromatic nitrogens is 2. The maximum atomic E-state index is 11.9. The van der Waals surface area contributed by atoms with Gasteiger partial charge in [-0.05, 0) is 38.7 Å². The molecule has 7 heteroatoms. The highest BCUT2D eigenvalue weighted by Gasteiger charge is 2.24. The van der Waals surface area contributed by atoms with Crippen LogP contribution in [0.5, 0.6) is 0 Å². The van der Waals surface area contributed by atoms with Gasteiger partial charge in [-0.3, -0.25) is 9.59 Å². The van der Waals surface area contributed by atoms with Crippen LogP contribution in [0.1, 0.15) is 42.1 Å². The molecule has 1 aromatic rings. The minimum atomic E-state index is -0.872. The summed E-state index contributed by atoms with van der Waals surface area (Å²) in [5.41, 5.74) is 0.0212. The second-order valence-corrected chi connectivity index (χ2v) is 5.17. The summed E-state index contributed by atoms with van der Waals surface area (Å²) in [6.07, 6.45) is 0.395. The van der Waals surface area contributed by atoms with Crippen molar-refractivity contribution in [2.75, 3.05) is 0 Å². The number of carbonyl (C=O) groups is 2. The summed E-state index contributed by atoms with van der Waals surface area (Å²) in [5.74, 6) is -1.13. The summed E-state index contributed by atoms with van der Waals surface area (Å²) >= 11 is 1.03. The summed E-state index contributed by atoms with van der Waals surface area (Å²) in [7, 11) is 0. The third-order valence-electron chi connectivity index (χ3n) is 2.27. The maximum absolute atomic E-state index is 11.9. The lowest BCUT2D eigenvalue weighted by Crippen LogP contribution is -2.43. The fraction of sp³-hybridized carbons (Fsp3) is 0.600. The lowest BCUT2D eigenvalue weighted by Gasteiger charge is -2.25. The number of carboxylic acids is 1. The van der Waals surface area contributed by atoms with Crippen molar-refractivity contribution in [3.63, 3.8) is 0 Å². The van der Waals surface area contributed by atoms with E-state index < -0.39 is 11.5 Å². The van der Waals surface area contributed by atoms with Gasteiger partial charge < -0.3 is 10.4 Å². The lowest BCUT2D eigenvalue weighted by molar-refractivity contribution is -0.137. The smallest absolute Gasteiger partial charge is 0.303 e. The molecule has 0 fully saturated rings. The van der Waals surface area contributed by atoms with Crippen LogP contribution in [-0.4, -0.2) is 32.1 Å². The van der Waals surface area contributed by atoms with Crippen molar-refractivity contribution in [3.05, 3.63) is 10.6 Å². The van der Waals surface area contributed by atoms with Gasteiger partial charge >= 0.3 is 5.97 Å². The van der Waals surface area contributed by atoms with Gasteiger partial charge in [-0.15, -0.1) is 5.10 Å². The molecule has 0 unspecified atom stereocenters. The number of amides is 1. The molecule has 1 amide bonds. The van der Waals surface area contributed by atoms with Gasteiger partial charge in [0.1, 0.15) is 4.88 Å². The van der Waals surface area contributed by atoms with E-state index in [9.17, 15) is 9.59 Å². The summed E-state index contributed by atoms with van der Waals surface area (Å²) in [5, 5.41) is 15.1. The zero-order chi connectivity index (χ0) is 13.1. The zero-order valence-electron chi connectivity index (χ0n) is 9.98. The molecule has 0 aliphatic rings. The molecule has 0 aliphatic carbocycles. The number of nitrogens with one attached hydrogen (secondary N) is 1. The van der Waals surface area contributed by atoms with Crippen LogP contribution >= 0.6 is 11.5 Å². The molecule has 1 aromatic heterocycles. The van der Waals surface area contributed by atoms with E-state index in [1.807, 2.05) is 0 Å². The van der Waals surface area contributed by atoms with Crippen molar-refractivity contribution in [3.8, 4) is 0 Å². The van der Waals surface area contributed by atoms with Gasteiger partial charge in [0.15, 0.2) is 0 Å². The number of nitrogens with zero attached hydrogens (tertiary/aromatic N) is 2. The molecular weight excluding hydrogens is 242 g/mol. The number of hydrogen-bond donors (Lipinski definition) is 2. The Balaban J connectivity index is 2.61. The average molecular weight is 257 g/mol. The molecule has 0 spiro atoms. The van der Waals surface area contributed by atoms with E-state index in [0.29, 0.717) is 17.0 Å². The molecule has 0 saturated heterocycles. The fourth-order valence-electron chi connectivity index (χ4n) is 1.29. The molecule has 0 radical (unpaired) electrons. The summed E-state index contributed by atoms with van der Waals surface area (Å²) in [4.78, 5) is 22.8. The second-order valence-electron chi connectivity index (χ2n) is 4.42. The van der Waals surface area contributed by atoms with Gasteiger partial charge in [0, 0.05) is 12.0 Å². The maximum Gasteiger partial charge on any atom is 0.303 e. The Morgan fingerprint density at radius 1 is 1.47 bits per heavy atom. The molecule has 0 aliphatic heterocycles. The molecule has 0 saturated carbocycles. The normalized spacial score (nSPS) is 11.2. The van der Waals surface area contributed by atoms with Crippen LogP contribution in [0.3, 0.4) is 0 Å². The van der Waals surface area contributed by atoms with Crippen LogP contribution in [0.25, 0.3) is 0 Å². The average Bonchev–Trinajstić information content (AvgIpc) is 2.61. The second kappa shape index (κ2) is 5.22. The molecule has 0 atom stereocenters. The highest BCUT2D eigenvalue weighted by atomic mass is 32.1. The van der Waals surface area contributed by atoms with Crippen molar-refractivity contribution in [2.24, 2.45) is 0 Å². The van der Waals surface area contributed by atoms with Gasteiger partial charge in [-0.2, -0.15) is 0 Å². The number of aliphatic carboxylic acids is 1. The molecule has 6 nitrogen and oxygen atoms in total. The molecule has 0 aromatic carbocycles. The van der Waals surface area contributed by atoms with E-state index in [-0.39, 0.29) is 12.3 Å². The summed E-state index contributed by atoms with van der Waals surface area (Å²) in [6, 6.07) is 0. The van der Waals surface area contributed by atoms with Crippen molar-refractivity contribution in [1.82, 2.24) is 14.9 Å². The minimum absolute atomic E-state index is 0.0210. The minimum Gasteiger partial charge on any atom is -0.481 e. The fourth-order valence-corrected chi connectivity index (χ4v) is 1.84. The molecule has 94 valence electrons. The highest BCUT2D eigenvalue weighted by molar-refractivity contribution is 7.08. The zero-order valence-corrected chi connectivity index (χ0v) is 10.8. The Labute approximate surface area is 103 Å². The largest absolute Gasteiger partial charge is 0.481 e. The monoisotopic (exact) mass is 257 g/mol. The van der Waals surface area contributed by atoms with Crippen molar-refractivity contribution in [2.45, 2.75) is 39.2 Å². The topological polar surface area (TPSA) is 92.2 Å². The predicted molar refractivity (Wildman–Crippen MR) is 63.1 cm³/mol.